The van der Waals surface area contributed by atoms with E-state index in [0.29, 0.717) is 53.8 Å². The number of carbonyl (C=O) groups is 2. The molecule has 0 saturated heterocycles. The number of ether oxygens (including phenoxy) is 1. The van der Waals surface area contributed by atoms with Crippen LogP contribution in [0.4, 0.5) is 0 Å². The summed E-state index contributed by atoms with van der Waals surface area (Å²) in [6.07, 6.45) is 1.48. The number of aryl methyl sites for hydroxylation is 1. The molecule has 0 unspecified atom stereocenters. The Bertz CT molecular complexity index is 1240. The Morgan fingerprint density at radius 2 is 1.52 bits per heavy atom. The molecule has 0 fully saturated rings. The molecule has 6 nitrogen and oxygen atoms in total. The average Bonchev–Trinajstić information content (AvgIpc) is 2.91. The van der Waals surface area contributed by atoms with Gasteiger partial charge in [-0.1, -0.05) is 67.4 Å². The molecule has 214 valence electrons. The van der Waals surface area contributed by atoms with Crippen LogP contribution in [0.15, 0.2) is 66.7 Å². The largest absolute Gasteiger partial charge is 0.456 e. The van der Waals surface area contributed by atoms with Gasteiger partial charge in [0, 0.05) is 47.8 Å². The molecule has 0 aliphatic carbocycles. The topological polar surface area (TPSA) is 84.7 Å². The van der Waals surface area contributed by atoms with E-state index in [0.717, 1.165) is 29.5 Å². The zero-order valence-electron chi connectivity index (χ0n) is 23.5. The van der Waals surface area contributed by atoms with E-state index in [-0.39, 0.29) is 5.91 Å². The van der Waals surface area contributed by atoms with Crippen LogP contribution in [0.5, 0.6) is 0 Å². The van der Waals surface area contributed by atoms with Crippen molar-refractivity contribution in [3.05, 3.63) is 105 Å². The third-order valence-electron chi connectivity index (χ3n) is 6.48. The lowest BCUT2D eigenvalue weighted by Crippen LogP contribution is -2.46. The number of halogens is 2. The van der Waals surface area contributed by atoms with Gasteiger partial charge in [-0.2, -0.15) is 0 Å². The molecule has 3 aromatic rings. The van der Waals surface area contributed by atoms with Gasteiger partial charge in [0.2, 0.25) is 0 Å². The first-order valence-corrected chi connectivity index (χ1v) is 14.5. The maximum Gasteiger partial charge on any atom is 0.338 e. The summed E-state index contributed by atoms with van der Waals surface area (Å²) in [7, 11) is 0. The van der Waals surface area contributed by atoms with Crippen molar-refractivity contribution in [2.45, 2.75) is 58.7 Å². The SMILES string of the molecule is CCCN(CCC)C(=O)c1cc(C)cc(C(=O)O[C@H](CNCc2ccccc2)[C@@H](N)Cc2cc(Cl)cc(Cl)c2)c1. The van der Waals surface area contributed by atoms with Crippen LogP contribution in [0.3, 0.4) is 0 Å². The van der Waals surface area contributed by atoms with E-state index in [1.807, 2.05) is 62.1 Å². The molecule has 3 N–H and O–H groups in total. The Hall–Kier alpha value is -2.90. The van der Waals surface area contributed by atoms with Gasteiger partial charge in [-0.05, 0) is 79.3 Å². The minimum absolute atomic E-state index is 0.0861. The Morgan fingerprint density at radius 1 is 0.900 bits per heavy atom. The summed E-state index contributed by atoms with van der Waals surface area (Å²) in [5.74, 6) is -0.613. The normalized spacial score (nSPS) is 12.6. The Balaban J connectivity index is 1.80. The fourth-order valence-corrected chi connectivity index (χ4v) is 5.21. The number of amides is 1. The van der Waals surface area contributed by atoms with Crippen LogP contribution in [0.1, 0.15) is 64.1 Å². The summed E-state index contributed by atoms with van der Waals surface area (Å²) < 4.78 is 6.00. The predicted molar refractivity (Wildman–Crippen MR) is 163 cm³/mol. The van der Waals surface area contributed by atoms with E-state index < -0.39 is 18.1 Å². The van der Waals surface area contributed by atoms with Gasteiger partial charge >= 0.3 is 5.97 Å². The van der Waals surface area contributed by atoms with Crippen LogP contribution >= 0.6 is 23.2 Å². The molecule has 0 radical (unpaired) electrons. The minimum atomic E-state index is -0.648. The van der Waals surface area contributed by atoms with Crippen molar-refractivity contribution in [2.75, 3.05) is 19.6 Å². The van der Waals surface area contributed by atoms with E-state index in [1.54, 1.807) is 30.3 Å². The van der Waals surface area contributed by atoms with E-state index in [2.05, 4.69) is 5.32 Å². The highest BCUT2D eigenvalue weighted by molar-refractivity contribution is 6.34. The number of hydrogen-bond donors (Lipinski definition) is 2. The molecule has 40 heavy (non-hydrogen) atoms. The molecule has 0 spiro atoms. The molecule has 2 atom stereocenters. The number of nitrogens with one attached hydrogen (secondary N) is 1. The van der Waals surface area contributed by atoms with Gasteiger partial charge in [0.1, 0.15) is 6.10 Å². The summed E-state index contributed by atoms with van der Waals surface area (Å²) in [6.45, 7) is 8.22. The third-order valence-corrected chi connectivity index (χ3v) is 6.92. The molecular formula is C32H39Cl2N3O3. The number of rotatable bonds is 14. The van der Waals surface area contributed by atoms with Gasteiger partial charge in [-0.3, -0.25) is 4.79 Å². The summed E-state index contributed by atoms with van der Waals surface area (Å²) in [6, 6.07) is 19.9. The summed E-state index contributed by atoms with van der Waals surface area (Å²) >= 11 is 12.4. The standard InChI is InChI=1S/C32H39Cl2N3O3/c1-4-11-37(12-5-2)31(38)25-13-22(3)14-26(18-25)32(39)40-30(21-36-20-23-9-7-6-8-10-23)29(35)17-24-15-27(33)19-28(34)16-24/h6-10,13-16,18-19,29-30,36H,4-5,11-12,17,20-21,35H2,1-3H3/t29-,30+/m0/s1. The number of carbonyl (C=O) groups excluding carboxylic acids is 2. The molecule has 0 saturated carbocycles. The Kier molecular flexibility index (Phi) is 12.5. The summed E-state index contributed by atoms with van der Waals surface area (Å²) in [5.41, 5.74) is 10.2. The lowest BCUT2D eigenvalue weighted by atomic mass is 10.0. The Labute approximate surface area is 247 Å². The molecule has 3 aromatic carbocycles. The number of hydrogen-bond acceptors (Lipinski definition) is 5. The molecule has 0 bridgehead atoms. The first-order chi connectivity index (χ1) is 19.2. The highest BCUT2D eigenvalue weighted by atomic mass is 35.5. The van der Waals surface area contributed by atoms with Crippen LogP contribution in [-0.4, -0.2) is 48.6 Å². The van der Waals surface area contributed by atoms with Crippen molar-refractivity contribution >= 4 is 35.1 Å². The fourth-order valence-electron chi connectivity index (χ4n) is 4.63. The van der Waals surface area contributed by atoms with E-state index in [1.165, 1.54) is 0 Å². The van der Waals surface area contributed by atoms with Crippen molar-refractivity contribution in [1.29, 1.82) is 0 Å². The smallest absolute Gasteiger partial charge is 0.338 e. The van der Waals surface area contributed by atoms with Crippen molar-refractivity contribution in [2.24, 2.45) is 5.73 Å². The van der Waals surface area contributed by atoms with Gasteiger partial charge in [0.25, 0.3) is 5.91 Å². The second kappa shape index (κ2) is 15.8. The van der Waals surface area contributed by atoms with Crippen molar-refractivity contribution in [1.82, 2.24) is 10.2 Å². The molecule has 0 aromatic heterocycles. The van der Waals surface area contributed by atoms with Gasteiger partial charge in [-0.15, -0.1) is 0 Å². The van der Waals surface area contributed by atoms with Gasteiger partial charge in [0.05, 0.1) is 5.56 Å². The molecule has 3 rings (SSSR count). The minimum Gasteiger partial charge on any atom is -0.456 e. The molecule has 8 heteroatoms. The quantitative estimate of drug-likeness (QED) is 0.213. The zero-order chi connectivity index (χ0) is 29.1. The predicted octanol–water partition coefficient (Wildman–Crippen LogP) is 6.45. The first kappa shape index (κ1) is 31.6. The molecule has 0 aliphatic heterocycles. The van der Waals surface area contributed by atoms with Gasteiger partial charge in [0.15, 0.2) is 0 Å². The van der Waals surface area contributed by atoms with Gasteiger partial charge < -0.3 is 20.7 Å². The van der Waals surface area contributed by atoms with E-state index >= 15 is 0 Å². The highest BCUT2D eigenvalue weighted by Crippen LogP contribution is 2.21. The van der Waals surface area contributed by atoms with Crippen molar-refractivity contribution < 1.29 is 14.3 Å². The number of nitrogens with two attached hydrogens (primary N) is 1. The molecule has 1 amide bonds. The van der Waals surface area contributed by atoms with Crippen molar-refractivity contribution in [3.8, 4) is 0 Å². The maximum atomic E-state index is 13.4. The molecular weight excluding hydrogens is 545 g/mol. The Morgan fingerprint density at radius 3 is 2.15 bits per heavy atom. The van der Waals surface area contributed by atoms with Crippen molar-refractivity contribution in [3.63, 3.8) is 0 Å². The van der Waals surface area contributed by atoms with Gasteiger partial charge in [-0.25, -0.2) is 4.79 Å². The van der Waals surface area contributed by atoms with E-state index in [9.17, 15) is 9.59 Å². The number of benzene rings is 3. The first-order valence-electron chi connectivity index (χ1n) is 13.8. The number of nitrogens with zero attached hydrogens (tertiary/aromatic N) is 1. The zero-order valence-corrected chi connectivity index (χ0v) is 25.0. The third kappa shape index (κ3) is 9.63. The van der Waals surface area contributed by atoms with Crippen LogP contribution in [0.25, 0.3) is 0 Å². The molecule has 0 heterocycles. The second-order valence-electron chi connectivity index (χ2n) is 10.1. The fraction of sp³-hybridized carbons (Fsp3) is 0.375. The summed E-state index contributed by atoms with van der Waals surface area (Å²) in [4.78, 5) is 28.5. The average molecular weight is 585 g/mol. The highest BCUT2D eigenvalue weighted by Gasteiger charge is 2.25. The molecule has 0 aliphatic rings. The van der Waals surface area contributed by atoms with Crippen LogP contribution in [0.2, 0.25) is 10.0 Å². The summed E-state index contributed by atoms with van der Waals surface area (Å²) in [5, 5.41) is 4.39. The van der Waals surface area contributed by atoms with Crippen LogP contribution in [-0.2, 0) is 17.7 Å². The van der Waals surface area contributed by atoms with Crippen LogP contribution < -0.4 is 11.1 Å². The lowest BCUT2D eigenvalue weighted by molar-refractivity contribution is 0.0238. The maximum absolute atomic E-state index is 13.4. The van der Waals surface area contributed by atoms with Crippen LogP contribution in [0, 0.1) is 6.92 Å². The second-order valence-corrected chi connectivity index (χ2v) is 11.0. The number of esters is 1. The lowest BCUT2D eigenvalue weighted by Gasteiger charge is -2.25. The monoisotopic (exact) mass is 583 g/mol. The van der Waals surface area contributed by atoms with E-state index in [4.69, 9.17) is 33.7 Å².